The Balaban J connectivity index is 1.78. The number of benzene rings is 1. The van der Waals surface area contributed by atoms with Gasteiger partial charge in [-0.2, -0.15) is 0 Å². The molecule has 0 aliphatic carbocycles. The Labute approximate surface area is 142 Å². The normalized spacial score (nSPS) is 18.4. The lowest BCUT2D eigenvalue weighted by Gasteiger charge is -2.32. The molecule has 1 saturated heterocycles. The Morgan fingerprint density at radius 2 is 2.17 bits per heavy atom. The monoisotopic (exact) mass is 358 g/mol. The minimum absolute atomic E-state index is 0.0817. The van der Waals surface area contributed by atoms with Gasteiger partial charge in [0.1, 0.15) is 0 Å². The highest BCUT2D eigenvalue weighted by Crippen LogP contribution is 2.21. The topological polar surface area (TPSA) is 75.7 Å². The van der Waals surface area contributed by atoms with Gasteiger partial charge >= 0.3 is 0 Å². The summed E-state index contributed by atoms with van der Waals surface area (Å²) in [5, 5.41) is 0. The first-order chi connectivity index (χ1) is 11.3. The number of hydrogen-bond acceptors (Lipinski definition) is 4. The number of amides is 1. The van der Waals surface area contributed by atoms with Crippen LogP contribution in [0.2, 0.25) is 0 Å². The van der Waals surface area contributed by atoms with E-state index in [-0.39, 0.29) is 30.5 Å². The summed E-state index contributed by atoms with van der Waals surface area (Å²) in [7, 11) is -3.28. The molecule has 1 atom stereocenters. The average molecular weight is 358 g/mol. The second-order valence-electron chi connectivity index (χ2n) is 6.01. The molecule has 0 bridgehead atoms. The van der Waals surface area contributed by atoms with Crippen molar-refractivity contribution in [1.29, 1.82) is 0 Å². The SMILES string of the molecule is CS(=O)(=O)NCCC(=O)N1CCCC(COc2ccccc2F)C1. The van der Waals surface area contributed by atoms with Gasteiger partial charge in [0.25, 0.3) is 0 Å². The Bertz CT molecular complexity index is 666. The van der Waals surface area contributed by atoms with E-state index in [1.165, 1.54) is 6.07 Å². The van der Waals surface area contributed by atoms with Crippen molar-refractivity contribution in [1.82, 2.24) is 9.62 Å². The molecule has 8 heteroatoms. The molecule has 1 heterocycles. The molecule has 134 valence electrons. The summed E-state index contributed by atoms with van der Waals surface area (Å²) >= 11 is 0. The molecule has 1 amide bonds. The van der Waals surface area contributed by atoms with Gasteiger partial charge in [0.2, 0.25) is 15.9 Å². The van der Waals surface area contributed by atoms with Crippen molar-refractivity contribution in [2.24, 2.45) is 5.92 Å². The largest absolute Gasteiger partial charge is 0.490 e. The van der Waals surface area contributed by atoms with Crippen molar-refractivity contribution in [3.63, 3.8) is 0 Å². The molecular formula is C16H23FN2O4S. The molecule has 0 radical (unpaired) electrons. The smallest absolute Gasteiger partial charge is 0.223 e. The molecule has 1 aliphatic heterocycles. The lowest BCUT2D eigenvalue weighted by atomic mass is 9.98. The fraction of sp³-hybridized carbons (Fsp3) is 0.562. The molecule has 0 aromatic heterocycles. The van der Waals surface area contributed by atoms with E-state index in [1.54, 1.807) is 23.1 Å². The summed E-state index contributed by atoms with van der Waals surface area (Å²) in [4.78, 5) is 13.9. The summed E-state index contributed by atoms with van der Waals surface area (Å²) in [6, 6.07) is 6.25. The van der Waals surface area contributed by atoms with Crippen LogP contribution in [-0.4, -0.2) is 51.7 Å². The highest BCUT2D eigenvalue weighted by atomic mass is 32.2. The van der Waals surface area contributed by atoms with Gasteiger partial charge in [0.05, 0.1) is 12.9 Å². The van der Waals surface area contributed by atoms with E-state index in [4.69, 9.17) is 4.74 Å². The van der Waals surface area contributed by atoms with Crippen LogP contribution in [0.3, 0.4) is 0 Å². The number of halogens is 1. The van der Waals surface area contributed by atoms with Crippen molar-refractivity contribution in [3.8, 4) is 5.75 Å². The van der Waals surface area contributed by atoms with Crippen LogP contribution in [0, 0.1) is 11.7 Å². The number of carbonyl (C=O) groups is 1. The molecule has 1 unspecified atom stereocenters. The third kappa shape index (κ3) is 6.09. The quantitative estimate of drug-likeness (QED) is 0.799. The van der Waals surface area contributed by atoms with Gasteiger partial charge < -0.3 is 9.64 Å². The number of ether oxygens (including phenoxy) is 1. The van der Waals surface area contributed by atoms with Crippen molar-refractivity contribution >= 4 is 15.9 Å². The number of para-hydroxylation sites is 1. The number of rotatable bonds is 7. The Kier molecular flexibility index (Phi) is 6.56. The van der Waals surface area contributed by atoms with Crippen LogP contribution < -0.4 is 9.46 Å². The first kappa shape index (κ1) is 18.7. The molecule has 1 aromatic carbocycles. The van der Waals surface area contributed by atoms with Crippen LogP contribution in [0.5, 0.6) is 5.75 Å². The van der Waals surface area contributed by atoms with Gasteiger partial charge in [-0.25, -0.2) is 17.5 Å². The van der Waals surface area contributed by atoms with E-state index in [0.29, 0.717) is 19.7 Å². The Morgan fingerprint density at radius 3 is 2.88 bits per heavy atom. The highest BCUT2D eigenvalue weighted by molar-refractivity contribution is 7.88. The fourth-order valence-electron chi connectivity index (χ4n) is 2.70. The van der Waals surface area contributed by atoms with Crippen LogP contribution in [-0.2, 0) is 14.8 Å². The summed E-state index contributed by atoms with van der Waals surface area (Å²) in [6.45, 7) is 1.66. The zero-order valence-electron chi connectivity index (χ0n) is 13.7. The number of sulfonamides is 1. The third-order valence-electron chi connectivity index (χ3n) is 3.89. The second kappa shape index (κ2) is 8.43. The van der Waals surface area contributed by atoms with E-state index in [9.17, 15) is 17.6 Å². The standard InChI is InChI=1S/C16H23FN2O4S/c1-24(21,22)18-9-8-16(20)19-10-4-5-13(11-19)12-23-15-7-3-2-6-14(15)17/h2-3,6-7,13,18H,4-5,8-12H2,1H3. The van der Waals surface area contributed by atoms with Gasteiger partial charge in [-0.15, -0.1) is 0 Å². The molecule has 2 rings (SSSR count). The van der Waals surface area contributed by atoms with Crippen LogP contribution in [0.1, 0.15) is 19.3 Å². The average Bonchev–Trinajstić information content (AvgIpc) is 2.53. The summed E-state index contributed by atoms with van der Waals surface area (Å²) in [5.74, 6) is -0.113. The lowest BCUT2D eigenvalue weighted by Crippen LogP contribution is -2.42. The number of hydrogen-bond donors (Lipinski definition) is 1. The van der Waals surface area contributed by atoms with Gasteiger partial charge in [-0.1, -0.05) is 12.1 Å². The Morgan fingerprint density at radius 1 is 1.42 bits per heavy atom. The second-order valence-corrected chi connectivity index (χ2v) is 7.84. The van der Waals surface area contributed by atoms with Crippen molar-refractivity contribution in [2.45, 2.75) is 19.3 Å². The first-order valence-electron chi connectivity index (χ1n) is 7.95. The molecule has 24 heavy (non-hydrogen) atoms. The van der Waals surface area contributed by atoms with Crippen molar-refractivity contribution < 1.29 is 22.3 Å². The molecular weight excluding hydrogens is 335 g/mol. The van der Waals surface area contributed by atoms with E-state index in [2.05, 4.69) is 4.72 Å². The first-order valence-corrected chi connectivity index (χ1v) is 9.84. The summed E-state index contributed by atoms with van der Waals surface area (Å²) in [6.07, 6.45) is 2.97. The van der Waals surface area contributed by atoms with Crippen LogP contribution in [0.4, 0.5) is 4.39 Å². The molecule has 0 spiro atoms. The van der Waals surface area contributed by atoms with E-state index < -0.39 is 15.8 Å². The maximum absolute atomic E-state index is 13.5. The van der Waals surface area contributed by atoms with Gasteiger partial charge in [-0.3, -0.25) is 4.79 Å². The van der Waals surface area contributed by atoms with E-state index >= 15 is 0 Å². The molecule has 1 fully saturated rings. The van der Waals surface area contributed by atoms with Crippen LogP contribution in [0.15, 0.2) is 24.3 Å². The summed E-state index contributed by atoms with van der Waals surface area (Å²) < 4.78 is 43.4. The molecule has 0 saturated carbocycles. The van der Waals surface area contributed by atoms with Gasteiger partial charge in [0.15, 0.2) is 11.6 Å². The number of nitrogens with zero attached hydrogens (tertiary/aromatic N) is 1. The number of likely N-dealkylation sites (tertiary alicyclic amines) is 1. The maximum atomic E-state index is 13.5. The van der Waals surface area contributed by atoms with Crippen molar-refractivity contribution in [2.75, 3.05) is 32.5 Å². The molecule has 1 aliphatic rings. The fourth-order valence-corrected chi connectivity index (χ4v) is 3.17. The minimum atomic E-state index is -3.28. The van der Waals surface area contributed by atoms with Crippen LogP contribution in [0.25, 0.3) is 0 Å². The van der Waals surface area contributed by atoms with Crippen LogP contribution >= 0.6 is 0 Å². The third-order valence-corrected chi connectivity index (χ3v) is 4.61. The van der Waals surface area contributed by atoms with Crippen molar-refractivity contribution in [3.05, 3.63) is 30.1 Å². The molecule has 1 aromatic rings. The predicted molar refractivity (Wildman–Crippen MR) is 88.7 cm³/mol. The van der Waals surface area contributed by atoms with Gasteiger partial charge in [0, 0.05) is 32.0 Å². The van der Waals surface area contributed by atoms with Gasteiger partial charge in [-0.05, 0) is 25.0 Å². The summed E-state index contributed by atoms with van der Waals surface area (Å²) in [5.41, 5.74) is 0. The zero-order chi connectivity index (χ0) is 17.6. The zero-order valence-corrected chi connectivity index (χ0v) is 14.5. The van der Waals surface area contributed by atoms with E-state index in [0.717, 1.165) is 19.1 Å². The molecule has 1 N–H and O–H groups in total. The Hall–Kier alpha value is -1.67. The highest BCUT2D eigenvalue weighted by Gasteiger charge is 2.24. The van der Waals surface area contributed by atoms with E-state index in [1.807, 2.05) is 0 Å². The molecule has 6 nitrogen and oxygen atoms in total. The predicted octanol–water partition coefficient (Wildman–Crippen LogP) is 1.38. The minimum Gasteiger partial charge on any atom is -0.490 e. The maximum Gasteiger partial charge on any atom is 0.223 e. The number of carbonyl (C=O) groups excluding carboxylic acids is 1. The lowest BCUT2D eigenvalue weighted by molar-refractivity contribution is -0.133. The number of nitrogens with one attached hydrogen (secondary N) is 1. The number of piperidine rings is 1.